The molecule has 0 bridgehead atoms. The molecule has 4 rings (SSSR count). The van der Waals surface area contributed by atoms with Gasteiger partial charge < -0.3 is 14.9 Å². The van der Waals surface area contributed by atoms with Crippen molar-refractivity contribution in [2.45, 2.75) is 111 Å². The van der Waals surface area contributed by atoms with Gasteiger partial charge in [-0.3, -0.25) is 4.79 Å². The molecule has 0 radical (unpaired) electrons. The van der Waals surface area contributed by atoms with E-state index in [2.05, 4.69) is 27.7 Å². The van der Waals surface area contributed by atoms with Crippen LogP contribution in [-0.2, 0) is 9.53 Å². The van der Waals surface area contributed by atoms with E-state index in [0.717, 1.165) is 32.1 Å². The van der Waals surface area contributed by atoms with Gasteiger partial charge >= 0.3 is 5.97 Å². The van der Waals surface area contributed by atoms with Gasteiger partial charge in [-0.15, -0.1) is 0 Å². The van der Waals surface area contributed by atoms with Crippen molar-refractivity contribution in [2.24, 2.45) is 52.3 Å². The number of hydrogen-bond acceptors (Lipinski definition) is 4. The van der Waals surface area contributed by atoms with E-state index in [1.54, 1.807) is 0 Å². The van der Waals surface area contributed by atoms with E-state index < -0.39 is 0 Å². The number of carbonyl (C=O) groups excluding carboxylic acids is 1. The van der Waals surface area contributed by atoms with Gasteiger partial charge in [-0.1, -0.05) is 34.1 Å². The minimum atomic E-state index is -0.230. The van der Waals surface area contributed by atoms with E-state index in [9.17, 15) is 15.0 Å². The summed E-state index contributed by atoms with van der Waals surface area (Å²) in [7, 11) is 0. The smallest absolute Gasteiger partial charge is 0.305 e. The normalized spacial score (nSPS) is 49.0. The molecule has 2 N–H and O–H groups in total. The summed E-state index contributed by atoms with van der Waals surface area (Å²) >= 11 is 0. The average molecular weight is 449 g/mol. The van der Waals surface area contributed by atoms with Crippen LogP contribution in [0.25, 0.3) is 0 Å². The van der Waals surface area contributed by atoms with Crippen LogP contribution in [-0.4, -0.2) is 35.0 Å². The summed E-state index contributed by atoms with van der Waals surface area (Å²) in [4.78, 5) is 11.9. The fourth-order valence-electron chi connectivity index (χ4n) is 9.71. The monoisotopic (exact) mass is 448 g/mol. The molecule has 0 heterocycles. The summed E-state index contributed by atoms with van der Waals surface area (Å²) in [5.74, 6) is 3.44. The van der Waals surface area contributed by atoms with Crippen LogP contribution in [0, 0.1) is 52.3 Å². The van der Waals surface area contributed by atoms with Crippen LogP contribution < -0.4 is 0 Å². The number of ether oxygens (including phenoxy) is 1. The zero-order valence-corrected chi connectivity index (χ0v) is 21.2. The van der Waals surface area contributed by atoms with E-state index in [4.69, 9.17) is 4.74 Å². The fraction of sp³-hybridized carbons (Fsp3) is 0.964. The lowest BCUT2D eigenvalue weighted by atomic mass is 9.41. The number of aliphatic hydroxyl groups excluding tert-OH is 2. The number of carbonyl (C=O) groups is 1. The molecular weight excluding hydrogens is 400 g/mol. The summed E-state index contributed by atoms with van der Waals surface area (Å²) in [5, 5.41) is 22.2. The van der Waals surface area contributed by atoms with E-state index in [-0.39, 0.29) is 29.0 Å². The quantitative estimate of drug-likeness (QED) is 0.520. The first-order valence-corrected chi connectivity index (χ1v) is 13.7. The Balaban J connectivity index is 1.55. The van der Waals surface area contributed by atoms with Gasteiger partial charge in [-0.2, -0.15) is 0 Å². The molecule has 0 aromatic carbocycles. The van der Waals surface area contributed by atoms with Gasteiger partial charge in [0.05, 0.1) is 18.8 Å². The van der Waals surface area contributed by atoms with Crippen molar-refractivity contribution in [1.29, 1.82) is 0 Å². The lowest BCUT2D eigenvalue weighted by Gasteiger charge is -2.64. The van der Waals surface area contributed by atoms with Crippen molar-refractivity contribution in [3.63, 3.8) is 0 Å². The maximum absolute atomic E-state index is 11.9. The van der Waals surface area contributed by atoms with Gasteiger partial charge in [0.15, 0.2) is 0 Å². The van der Waals surface area contributed by atoms with Crippen LogP contribution in [0.4, 0.5) is 0 Å². The van der Waals surface area contributed by atoms with Crippen molar-refractivity contribution >= 4 is 5.97 Å². The second kappa shape index (κ2) is 9.21. The maximum Gasteiger partial charge on any atom is 0.305 e. The topological polar surface area (TPSA) is 66.8 Å². The first-order chi connectivity index (χ1) is 15.2. The summed E-state index contributed by atoms with van der Waals surface area (Å²) < 4.78 is 5.17. The van der Waals surface area contributed by atoms with Crippen molar-refractivity contribution in [3.8, 4) is 0 Å². The minimum absolute atomic E-state index is 0.0605. The third kappa shape index (κ3) is 3.85. The Labute approximate surface area is 195 Å². The highest BCUT2D eigenvalue weighted by Gasteiger charge is 2.64. The largest absolute Gasteiger partial charge is 0.466 e. The predicted octanol–water partition coefficient (Wildman–Crippen LogP) is 5.59. The van der Waals surface area contributed by atoms with Crippen molar-refractivity contribution in [1.82, 2.24) is 0 Å². The number of hydrogen-bond donors (Lipinski definition) is 2. The molecule has 0 spiro atoms. The molecule has 4 fully saturated rings. The molecular formula is C28H48O4. The van der Waals surface area contributed by atoms with Gasteiger partial charge in [0, 0.05) is 6.42 Å². The number of esters is 1. The van der Waals surface area contributed by atoms with Crippen molar-refractivity contribution in [2.75, 3.05) is 6.61 Å². The van der Waals surface area contributed by atoms with E-state index in [1.807, 2.05) is 6.92 Å². The third-order valence-corrected chi connectivity index (χ3v) is 11.3. The zero-order chi connectivity index (χ0) is 23.3. The molecule has 4 nitrogen and oxygen atoms in total. The SMILES string of the molecule is CCOC(=O)CC[C@@H](C)C1CCC2C3C(CC[C@@]21C)[C@@]1(C)CC[C@@H](O)C[C@H]1[C@@H](CC)[C@H]3O. The van der Waals surface area contributed by atoms with Crippen LogP contribution in [0.1, 0.15) is 98.8 Å². The summed E-state index contributed by atoms with van der Waals surface area (Å²) in [6.07, 6.45) is 9.90. The summed E-state index contributed by atoms with van der Waals surface area (Å²) in [6, 6.07) is 0. The molecule has 0 amide bonds. The molecule has 0 aromatic heterocycles. The van der Waals surface area contributed by atoms with Gasteiger partial charge in [-0.05, 0) is 111 Å². The Bertz CT molecular complexity index is 678. The van der Waals surface area contributed by atoms with Gasteiger partial charge in [0.25, 0.3) is 0 Å². The molecule has 4 heteroatoms. The summed E-state index contributed by atoms with van der Waals surface area (Å²) in [5.41, 5.74) is 0.532. The number of aliphatic hydroxyl groups is 2. The fourth-order valence-corrected chi connectivity index (χ4v) is 9.71. The first-order valence-electron chi connectivity index (χ1n) is 13.7. The number of rotatable bonds is 6. The highest BCUT2D eigenvalue weighted by atomic mass is 16.5. The van der Waals surface area contributed by atoms with Crippen molar-refractivity contribution < 1.29 is 19.7 Å². The Morgan fingerprint density at radius 1 is 1.00 bits per heavy atom. The highest BCUT2D eigenvalue weighted by molar-refractivity contribution is 5.69. The minimum Gasteiger partial charge on any atom is -0.466 e. The molecule has 4 unspecified atom stereocenters. The Morgan fingerprint density at radius 3 is 2.38 bits per heavy atom. The second-order valence-electron chi connectivity index (χ2n) is 12.4. The average Bonchev–Trinajstić information content (AvgIpc) is 3.11. The lowest BCUT2D eigenvalue weighted by molar-refractivity contribution is -0.203. The molecule has 0 saturated heterocycles. The van der Waals surface area contributed by atoms with Crippen LogP contribution >= 0.6 is 0 Å². The second-order valence-corrected chi connectivity index (χ2v) is 12.4. The Morgan fingerprint density at radius 2 is 1.69 bits per heavy atom. The van der Waals surface area contributed by atoms with Crippen LogP contribution in [0.2, 0.25) is 0 Å². The van der Waals surface area contributed by atoms with E-state index in [1.165, 1.54) is 25.7 Å². The van der Waals surface area contributed by atoms with Crippen molar-refractivity contribution in [3.05, 3.63) is 0 Å². The molecule has 0 aromatic rings. The molecule has 32 heavy (non-hydrogen) atoms. The van der Waals surface area contributed by atoms with Gasteiger partial charge in [0.1, 0.15) is 0 Å². The Kier molecular flexibility index (Phi) is 7.05. The van der Waals surface area contributed by atoms with Crippen LogP contribution in [0.5, 0.6) is 0 Å². The van der Waals surface area contributed by atoms with Crippen LogP contribution in [0.3, 0.4) is 0 Å². The standard InChI is InChI=1S/C28H48O4/c1-6-19-23-16-18(29)12-14-28(23,5)22-13-15-27(4)20(9-10-21(27)25(22)26(19)31)17(3)8-11-24(30)32-7-2/h17-23,25-26,29,31H,6-16H2,1-5H3/t17-,18-,19-,20?,21?,22?,23+,25?,26-,27-,28-/m1/s1. The molecule has 4 saturated carbocycles. The molecule has 4 aliphatic rings. The van der Waals surface area contributed by atoms with E-state index >= 15 is 0 Å². The molecule has 11 atom stereocenters. The summed E-state index contributed by atoms with van der Waals surface area (Å²) in [6.45, 7) is 11.9. The number of fused-ring (bicyclic) bond motifs is 5. The molecule has 184 valence electrons. The first kappa shape index (κ1) is 24.5. The highest BCUT2D eigenvalue weighted by Crippen LogP contribution is 2.69. The maximum atomic E-state index is 11.9. The Hall–Kier alpha value is -0.610. The molecule has 4 aliphatic carbocycles. The van der Waals surface area contributed by atoms with Gasteiger partial charge in [0.2, 0.25) is 0 Å². The van der Waals surface area contributed by atoms with Crippen LogP contribution in [0.15, 0.2) is 0 Å². The zero-order valence-electron chi connectivity index (χ0n) is 21.2. The molecule has 0 aliphatic heterocycles. The van der Waals surface area contributed by atoms with E-state index in [0.29, 0.717) is 54.5 Å². The van der Waals surface area contributed by atoms with Gasteiger partial charge in [-0.25, -0.2) is 0 Å². The predicted molar refractivity (Wildman–Crippen MR) is 127 cm³/mol. The lowest BCUT2D eigenvalue weighted by Crippen LogP contribution is -2.62. The third-order valence-electron chi connectivity index (χ3n) is 11.3.